The quantitative estimate of drug-likeness (QED) is 0.696. The normalized spacial score (nSPS) is 10.6. The maximum absolute atomic E-state index is 5.34. The predicted octanol–water partition coefficient (Wildman–Crippen LogP) is 3.61. The Hall–Kier alpha value is -2.42. The molecule has 19 heavy (non-hydrogen) atoms. The number of ether oxygens (including phenoxy) is 1. The van der Waals surface area contributed by atoms with E-state index in [1.54, 1.807) is 7.11 Å². The Kier molecular flexibility index (Phi) is 2.88. The van der Waals surface area contributed by atoms with E-state index in [9.17, 15) is 0 Å². The summed E-state index contributed by atoms with van der Waals surface area (Å²) in [6.07, 6.45) is 1.86. The summed E-state index contributed by atoms with van der Waals surface area (Å²) in [5.41, 5.74) is 3.00. The van der Waals surface area contributed by atoms with Gasteiger partial charge in [-0.1, -0.05) is 30.3 Å². The van der Waals surface area contributed by atoms with E-state index in [1.807, 2.05) is 55.6 Å². The standard InChI is InChI=1S/C16H14N2O/c1-11-14(19-2)9-8-13-10-17-16(18-15(11)13)12-6-4-3-5-7-12/h3-10H,1-2H3. The molecule has 3 aromatic rings. The van der Waals surface area contributed by atoms with Crippen LogP contribution < -0.4 is 4.74 Å². The molecule has 0 saturated heterocycles. The summed E-state index contributed by atoms with van der Waals surface area (Å²) in [6.45, 7) is 2.02. The Labute approximate surface area is 111 Å². The van der Waals surface area contributed by atoms with E-state index in [1.165, 1.54) is 0 Å². The highest BCUT2D eigenvalue weighted by atomic mass is 16.5. The van der Waals surface area contributed by atoms with Crippen molar-refractivity contribution in [2.45, 2.75) is 6.92 Å². The lowest BCUT2D eigenvalue weighted by Gasteiger charge is -2.08. The lowest BCUT2D eigenvalue weighted by molar-refractivity contribution is 0.412. The molecule has 3 heteroatoms. The van der Waals surface area contributed by atoms with E-state index >= 15 is 0 Å². The van der Waals surface area contributed by atoms with Crippen molar-refractivity contribution in [1.82, 2.24) is 9.97 Å². The monoisotopic (exact) mass is 250 g/mol. The van der Waals surface area contributed by atoms with E-state index in [0.717, 1.165) is 33.6 Å². The van der Waals surface area contributed by atoms with E-state index in [-0.39, 0.29) is 0 Å². The fourth-order valence-electron chi connectivity index (χ4n) is 2.17. The molecule has 0 bridgehead atoms. The van der Waals surface area contributed by atoms with Crippen molar-refractivity contribution in [3.8, 4) is 17.1 Å². The van der Waals surface area contributed by atoms with Crippen LogP contribution >= 0.6 is 0 Å². The van der Waals surface area contributed by atoms with Crippen molar-refractivity contribution in [3.63, 3.8) is 0 Å². The van der Waals surface area contributed by atoms with Crippen LogP contribution in [0.3, 0.4) is 0 Å². The Bertz CT molecular complexity index is 723. The van der Waals surface area contributed by atoms with Crippen LogP contribution in [0, 0.1) is 6.92 Å². The first-order valence-corrected chi connectivity index (χ1v) is 6.15. The molecular weight excluding hydrogens is 236 g/mol. The van der Waals surface area contributed by atoms with Crippen molar-refractivity contribution >= 4 is 10.9 Å². The second-order valence-corrected chi connectivity index (χ2v) is 4.39. The maximum Gasteiger partial charge on any atom is 0.159 e. The molecule has 0 spiro atoms. The number of methoxy groups -OCH3 is 1. The molecule has 3 rings (SSSR count). The van der Waals surface area contributed by atoms with Gasteiger partial charge in [-0.3, -0.25) is 0 Å². The van der Waals surface area contributed by atoms with E-state index < -0.39 is 0 Å². The molecule has 0 saturated carbocycles. The molecule has 0 aliphatic rings. The van der Waals surface area contributed by atoms with Gasteiger partial charge in [-0.25, -0.2) is 9.97 Å². The topological polar surface area (TPSA) is 35.0 Å². The maximum atomic E-state index is 5.34. The molecule has 3 nitrogen and oxygen atoms in total. The molecule has 0 N–H and O–H groups in total. The number of nitrogens with zero attached hydrogens (tertiary/aromatic N) is 2. The first kappa shape index (κ1) is 11.7. The smallest absolute Gasteiger partial charge is 0.159 e. The Morgan fingerprint density at radius 2 is 1.79 bits per heavy atom. The minimum absolute atomic E-state index is 0.740. The second kappa shape index (κ2) is 4.69. The van der Waals surface area contributed by atoms with Crippen LogP contribution in [0.25, 0.3) is 22.3 Å². The van der Waals surface area contributed by atoms with Crippen LogP contribution in [0.4, 0.5) is 0 Å². The third-order valence-electron chi connectivity index (χ3n) is 3.21. The fourth-order valence-corrected chi connectivity index (χ4v) is 2.17. The first-order chi connectivity index (χ1) is 9.29. The van der Waals surface area contributed by atoms with Crippen LogP contribution in [-0.4, -0.2) is 17.1 Å². The minimum atomic E-state index is 0.740. The highest BCUT2D eigenvalue weighted by Crippen LogP contribution is 2.26. The molecule has 0 aliphatic heterocycles. The third-order valence-corrected chi connectivity index (χ3v) is 3.21. The van der Waals surface area contributed by atoms with Crippen LogP contribution in [-0.2, 0) is 0 Å². The number of aryl methyl sites for hydroxylation is 1. The Balaban J connectivity index is 2.22. The van der Waals surface area contributed by atoms with Gasteiger partial charge in [0.1, 0.15) is 5.75 Å². The van der Waals surface area contributed by atoms with Gasteiger partial charge in [0.15, 0.2) is 5.82 Å². The lowest BCUT2D eigenvalue weighted by atomic mass is 10.1. The summed E-state index contributed by atoms with van der Waals surface area (Å²) >= 11 is 0. The van der Waals surface area contributed by atoms with Gasteiger partial charge >= 0.3 is 0 Å². The van der Waals surface area contributed by atoms with Gasteiger partial charge in [0.05, 0.1) is 12.6 Å². The Morgan fingerprint density at radius 3 is 2.53 bits per heavy atom. The number of fused-ring (bicyclic) bond motifs is 1. The molecule has 0 atom stereocenters. The average Bonchev–Trinajstić information content (AvgIpc) is 2.48. The van der Waals surface area contributed by atoms with Gasteiger partial charge in [0.25, 0.3) is 0 Å². The fraction of sp³-hybridized carbons (Fsp3) is 0.125. The number of aromatic nitrogens is 2. The van der Waals surface area contributed by atoms with Crippen molar-refractivity contribution in [2.24, 2.45) is 0 Å². The highest BCUT2D eigenvalue weighted by molar-refractivity contribution is 5.84. The number of benzene rings is 2. The molecule has 0 amide bonds. The summed E-state index contributed by atoms with van der Waals surface area (Å²) in [6, 6.07) is 13.9. The van der Waals surface area contributed by atoms with Gasteiger partial charge < -0.3 is 4.74 Å². The molecule has 1 aromatic heterocycles. The highest BCUT2D eigenvalue weighted by Gasteiger charge is 2.08. The van der Waals surface area contributed by atoms with Crippen LogP contribution in [0.5, 0.6) is 5.75 Å². The van der Waals surface area contributed by atoms with Gasteiger partial charge in [-0.15, -0.1) is 0 Å². The zero-order chi connectivity index (χ0) is 13.2. The molecule has 2 aromatic carbocycles. The van der Waals surface area contributed by atoms with Crippen LogP contribution in [0.1, 0.15) is 5.56 Å². The Morgan fingerprint density at radius 1 is 1.00 bits per heavy atom. The lowest BCUT2D eigenvalue weighted by Crippen LogP contribution is -1.94. The predicted molar refractivity (Wildman–Crippen MR) is 76.3 cm³/mol. The van der Waals surface area contributed by atoms with Crippen molar-refractivity contribution < 1.29 is 4.74 Å². The van der Waals surface area contributed by atoms with Gasteiger partial charge in [0, 0.05) is 22.7 Å². The number of hydrogen-bond acceptors (Lipinski definition) is 3. The zero-order valence-electron chi connectivity index (χ0n) is 10.9. The summed E-state index contributed by atoms with van der Waals surface area (Å²) < 4.78 is 5.34. The summed E-state index contributed by atoms with van der Waals surface area (Å²) in [5, 5.41) is 1.03. The molecule has 1 heterocycles. The van der Waals surface area contributed by atoms with E-state index in [4.69, 9.17) is 4.74 Å². The van der Waals surface area contributed by atoms with Gasteiger partial charge in [-0.2, -0.15) is 0 Å². The SMILES string of the molecule is COc1ccc2cnc(-c3ccccc3)nc2c1C. The van der Waals surface area contributed by atoms with Gasteiger partial charge in [0.2, 0.25) is 0 Å². The molecule has 0 fully saturated rings. The zero-order valence-corrected chi connectivity index (χ0v) is 10.9. The molecular formula is C16H14N2O. The average molecular weight is 250 g/mol. The van der Waals surface area contributed by atoms with E-state index in [2.05, 4.69) is 9.97 Å². The summed E-state index contributed by atoms with van der Waals surface area (Å²) in [4.78, 5) is 9.08. The minimum Gasteiger partial charge on any atom is -0.496 e. The molecule has 0 aliphatic carbocycles. The first-order valence-electron chi connectivity index (χ1n) is 6.15. The van der Waals surface area contributed by atoms with Crippen molar-refractivity contribution in [1.29, 1.82) is 0 Å². The summed E-state index contributed by atoms with van der Waals surface area (Å²) in [7, 11) is 1.67. The number of rotatable bonds is 2. The van der Waals surface area contributed by atoms with E-state index in [0.29, 0.717) is 0 Å². The largest absolute Gasteiger partial charge is 0.496 e. The molecule has 0 radical (unpaired) electrons. The second-order valence-electron chi connectivity index (χ2n) is 4.39. The third kappa shape index (κ3) is 2.03. The number of hydrogen-bond donors (Lipinski definition) is 0. The van der Waals surface area contributed by atoms with Crippen molar-refractivity contribution in [2.75, 3.05) is 7.11 Å². The molecule has 0 unspecified atom stereocenters. The molecule has 94 valence electrons. The van der Waals surface area contributed by atoms with Crippen LogP contribution in [0.2, 0.25) is 0 Å². The van der Waals surface area contributed by atoms with Gasteiger partial charge in [-0.05, 0) is 19.1 Å². The van der Waals surface area contributed by atoms with Crippen LogP contribution in [0.15, 0.2) is 48.7 Å². The van der Waals surface area contributed by atoms with Crippen molar-refractivity contribution in [3.05, 3.63) is 54.2 Å². The summed E-state index contributed by atoms with van der Waals surface area (Å²) in [5.74, 6) is 1.59.